The quantitative estimate of drug-likeness (QED) is 0.855. The Labute approximate surface area is 102 Å². The van der Waals surface area contributed by atoms with Crippen LogP contribution >= 0.6 is 0 Å². The maximum Gasteiger partial charge on any atom is 0.0955 e. The van der Waals surface area contributed by atoms with Gasteiger partial charge in [-0.1, -0.05) is 6.07 Å². The molecule has 3 rings (SSSR count). The van der Waals surface area contributed by atoms with E-state index in [0.717, 1.165) is 11.4 Å². The first kappa shape index (κ1) is 10.8. The molecule has 1 saturated heterocycles. The average Bonchev–Trinajstić information content (AvgIpc) is 2.72. The van der Waals surface area contributed by atoms with Crippen LogP contribution < -0.4 is 5.32 Å². The predicted octanol–water partition coefficient (Wildman–Crippen LogP) is 2.12. The number of aromatic nitrogens is 2. The highest BCUT2D eigenvalue weighted by molar-refractivity contribution is 5.75. The molecule has 3 heteroatoms. The average molecular weight is 229 g/mol. The Morgan fingerprint density at radius 3 is 3.24 bits per heavy atom. The molecule has 1 aromatic heterocycles. The lowest BCUT2D eigenvalue weighted by Gasteiger charge is -2.22. The standard InChI is InChI=1S/C14H19N3/c1-17-10-16-13-8-11(4-5-14(13)17)7-12-3-2-6-15-9-12/h4-5,8,10,12,15H,2-3,6-7,9H2,1H3. The number of benzene rings is 1. The molecule has 1 aliphatic rings. The van der Waals surface area contributed by atoms with Crippen molar-refractivity contribution in [1.29, 1.82) is 0 Å². The molecule has 1 unspecified atom stereocenters. The Morgan fingerprint density at radius 1 is 1.47 bits per heavy atom. The molecule has 2 heterocycles. The Balaban J connectivity index is 1.80. The van der Waals surface area contributed by atoms with Gasteiger partial charge in [-0.15, -0.1) is 0 Å². The fraction of sp³-hybridized carbons (Fsp3) is 0.500. The van der Waals surface area contributed by atoms with Gasteiger partial charge in [-0.2, -0.15) is 0 Å². The lowest BCUT2D eigenvalue weighted by atomic mass is 9.92. The third-order valence-corrected chi connectivity index (χ3v) is 3.71. The first-order valence-corrected chi connectivity index (χ1v) is 6.43. The summed E-state index contributed by atoms with van der Waals surface area (Å²) in [5.41, 5.74) is 3.76. The van der Waals surface area contributed by atoms with Crippen molar-refractivity contribution in [2.75, 3.05) is 13.1 Å². The van der Waals surface area contributed by atoms with Crippen LogP contribution in [0.1, 0.15) is 18.4 Å². The van der Waals surface area contributed by atoms with Crippen molar-refractivity contribution < 1.29 is 0 Å². The van der Waals surface area contributed by atoms with Crippen molar-refractivity contribution in [2.45, 2.75) is 19.3 Å². The van der Waals surface area contributed by atoms with E-state index in [9.17, 15) is 0 Å². The van der Waals surface area contributed by atoms with Gasteiger partial charge in [-0.05, 0) is 56.0 Å². The summed E-state index contributed by atoms with van der Waals surface area (Å²) < 4.78 is 2.07. The van der Waals surface area contributed by atoms with Gasteiger partial charge in [0.15, 0.2) is 0 Å². The topological polar surface area (TPSA) is 29.9 Å². The molecule has 0 saturated carbocycles. The number of piperidine rings is 1. The molecular formula is C14H19N3. The summed E-state index contributed by atoms with van der Waals surface area (Å²) in [5, 5.41) is 3.48. The molecule has 0 aliphatic carbocycles. The third-order valence-electron chi connectivity index (χ3n) is 3.71. The van der Waals surface area contributed by atoms with E-state index in [1.165, 1.54) is 43.4 Å². The molecule has 0 bridgehead atoms. The Hall–Kier alpha value is -1.35. The van der Waals surface area contributed by atoms with Gasteiger partial charge in [-0.25, -0.2) is 4.98 Å². The Bertz CT molecular complexity index is 509. The van der Waals surface area contributed by atoms with E-state index in [1.807, 2.05) is 13.4 Å². The van der Waals surface area contributed by atoms with Gasteiger partial charge in [0.05, 0.1) is 17.4 Å². The van der Waals surface area contributed by atoms with Crippen LogP contribution in [-0.4, -0.2) is 22.6 Å². The summed E-state index contributed by atoms with van der Waals surface area (Å²) in [4.78, 5) is 4.42. The number of nitrogens with zero attached hydrogens (tertiary/aromatic N) is 2. The minimum atomic E-state index is 0.796. The smallest absolute Gasteiger partial charge is 0.0955 e. The van der Waals surface area contributed by atoms with Crippen LogP contribution in [0.2, 0.25) is 0 Å². The third kappa shape index (κ3) is 2.20. The maximum atomic E-state index is 4.42. The molecule has 1 atom stereocenters. The molecule has 1 aromatic carbocycles. The van der Waals surface area contributed by atoms with Crippen LogP contribution in [0.25, 0.3) is 11.0 Å². The zero-order valence-electron chi connectivity index (χ0n) is 10.3. The van der Waals surface area contributed by atoms with Gasteiger partial charge < -0.3 is 9.88 Å². The van der Waals surface area contributed by atoms with E-state index in [-0.39, 0.29) is 0 Å². The highest BCUT2D eigenvalue weighted by Crippen LogP contribution is 2.19. The van der Waals surface area contributed by atoms with Crippen LogP contribution in [0, 0.1) is 5.92 Å². The Kier molecular flexibility index (Phi) is 2.85. The predicted molar refractivity (Wildman–Crippen MR) is 70.0 cm³/mol. The van der Waals surface area contributed by atoms with Crippen molar-refractivity contribution in [1.82, 2.24) is 14.9 Å². The van der Waals surface area contributed by atoms with Crippen LogP contribution in [0.3, 0.4) is 0 Å². The molecule has 0 spiro atoms. The number of rotatable bonds is 2. The molecule has 3 nitrogen and oxygen atoms in total. The van der Waals surface area contributed by atoms with Crippen molar-refractivity contribution in [3.8, 4) is 0 Å². The van der Waals surface area contributed by atoms with Crippen molar-refractivity contribution in [3.63, 3.8) is 0 Å². The van der Waals surface area contributed by atoms with Gasteiger partial charge in [0.25, 0.3) is 0 Å². The first-order chi connectivity index (χ1) is 8.33. The first-order valence-electron chi connectivity index (χ1n) is 6.43. The normalized spacial score (nSPS) is 20.9. The van der Waals surface area contributed by atoms with Gasteiger partial charge in [0.1, 0.15) is 0 Å². The van der Waals surface area contributed by atoms with E-state index in [2.05, 4.69) is 33.1 Å². The van der Waals surface area contributed by atoms with Crippen LogP contribution in [-0.2, 0) is 13.5 Å². The second kappa shape index (κ2) is 4.49. The highest BCUT2D eigenvalue weighted by Gasteiger charge is 2.13. The zero-order chi connectivity index (χ0) is 11.7. The Morgan fingerprint density at radius 2 is 2.41 bits per heavy atom. The molecule has 17 heavy (non-hydrogen) atoms. The number of aryl methyl sites for hydroxylation is 1. The number of hydrogen-bond donors (Lipinski definition) is 1. The van der Waals surface area contributed by atoms with Crippen molar-refractivity contribution in [3.05, 3.63) is 30.1 Å². The minimum Gasteiger partial charge on any atom is -0.334 e. The lowest BCUT2D eigenvalue weighted by molar-refractivity contribution is 0.376. The van der Waals surface area contributed by atoms with E-state index in [0.29, 0.717) is 0 Å². The summed E-state index contributed by atoms with van der Waals surface area (Å²) >= 11 is 0. The SMILES string of the molecule is Cn1cnc2cc(CC3CCCNC3)ccc21. The lowest BCUT2D eigenvalue weighted by Crippen LogP contribution is -2.30. The fourth-order valence-corrected chi connectivity index (χ4v) is 2.74. The van der Waals surface area contributed by atoms with E-state index in [4.69, 9.17) is 0 Å². The number of hydrogen-bond acceptors (Lipinski definition) is 2. The summed E-state index contributed by atoms with van der Waals surface area (Å²) in [6, 6.07) is 6.68. The molecule has 0 amide bonds. The summed E-state index contributed by atoms with van der Waals surface area (Å²) in [6.07, 6.45) is 5.74. The number of nitrogens with one attached hydrogen (secondary N) is 1. The van der Waals surface area contributed by atoms with E-state index < -0.39 is 0 Å². The summed E-state index contributed by atoms with van der Waals surface area (Å²) in [6.45, 7) is 2.36. The summed E-state index contributed by atoms with van der Waals surface area (Å²) in [5.74, 6) is 0.796. The molecule has 1 fully saturated rings. The number of imidazole rings is 1. The molecular weight excluding hydrogens is 210 g/mol. The maximum absolute atomic E-state index is 4.42. The van der Waals surface area contributed by atoms with Crippen LogP contribution in [0.4, 0.5) is 0 Å². The fourth-order valence-electron chi connectivity index (χ4n) is 2.74. The van der Waals surface area contributed by atoms with E-state index in [1.54, 1.807) is 0 Å². The van der Waals surface area contributed by atoms with Gasteiger partial charge in [0, 0.05) is 7.05 Å². The van der Waals surface area contributed by atoms with Crippen LogP contribution in [0.15, 0.2) is 24.5 Å². The van der Waals surface area contributed by atoms with Crippen molar-refractivity contribution >= 4 is 11.0 Å². The largest absolute Gasteiger partial charge is 0.334 e. The zero-order valence-corrected chi connectivity index (χ0v) is 10.3. The molecule has 1 aliphatic heterocycles. The highest BCUT2D eigenvalue weighted by atomic mass is 15.0. The van der Waals surface area contributed by atoms with Gasteiger partial charge >= 0.3 is 0 Å². The second-order valence-electron chi connectivity index (χ2n) is 5.10. The van der Waals surface area contributed by atoms with Gasteiger partial charge in [-0.3, -0.25) is 0 Å². The van der Waals surface area contributed by atoms with Gasteiger partial charge in [0.2, 0.25) is 0 Å². The van der Waals surface area contributed by atoms with Crippen molar-refractivity contribution in [2.24, 2.45) is 13.0 Å². The van der Waals surface area contributed by atoms with E-state index >= 15 is 0 Å². The second-order valence-corrected chi connectivity index (χ2v) is 5.10. The number of fused-ring (bicyclic) bond motifs is 1. The molecule has 90 valence electrons. The monoisotopic (exact) mass is 229 g/mol. The molecule has 2 aromatic rings. The van der Waals surface area contributed by atoms with Crippen LogP contribution in [0.5, 0.6) is 0 Å². The molecule has 1 N–H and O–H groups in total. The molecule has 0 radical (unpaired) electrons. The minimum absolute atomic E-state index is 0.796. The summed E-state index contributed by atoms with van der Waals surface area (Å²) in [7, 11) is 2.04.